The average molecular weight is 543 g/mol. The molecule has 2 aliphatic heterocycles. The van der Waals surface area contributed by atoms with Crippen molar-refractivity contribution in [3.63, 3.8) is 0 Å². The van der Waals surface area contributed by atoms with E-state index in [9.17, 15) is 4.79 Å². The predicted molar refractivity (Wildman–Crippen MR) is 139 cm³/mol. The summed E-state index contributed by atoms with van der Waals surface area (Å²) < 4.78 is 7.52. The van der Waals surface area contributed by atoms with Crippen LogP contribution >= 0.6 is 39.7 Å². The lowest BCUT2D eigenvalue weighted by Gasteiger charge is -2.56. The summed E-state index contributed by atoms with van der Waals surface area (Å²) in [7, 11) is 0. The van der Waals surface area contributed by atoms with Crippen LogP contribution in [0.15, 0.2) is 71.2 Å². The van der Waals surface area contributed by atoms with Crippen molar-refractivity contribution in [1.82, 2.24) is 5.32 Å². The Morgan fingerprint density at radius 1 is 1.18 bits per heavy atom. The lowest BCUT2D eigenvalue weighted by Crippen LogP contribution is -2.72. The first-order valence-electron chi connectivity index (χ1n) is 10.5. The lowest BCUT2D eigenvalue weighted by atomic mass is 9.78. The fourth-order valence-electron chi connectivity index (χ4n) is 4.66. The van der Waals surface area contributed by atoms with E-state index in [0.717, 1.165) is 27.0 Å². The molecule has 5 rings (SSSR count). The van der Waals surface area contributed by atoms with Gasteiger partial charge < -0.3 is 15.4 Å². The lowest BCUT2D eigenvalue weighted by molar-refractivity contribution is -0.130. The van der Waals surface area contributed by atoms with Crippen LogP contribution in [0.25, 0.3) is 0 Å². The molecule has 33 heavy (non-hydrogen) atoms. The maximum Gasteiger partial charge on any atom is 0.236 e. The van der Waals surface area contributed by atoms with Crippen LogP contribution in [0.2, 0.25) is 5.02 Å². The van der Waals surface area contributed by atoms with E-state index >= 15 is 0 Å². The molecule has 1 amide bonds. The van der Waals surface area contributed by atoms with E-state index in [2.05, 4.69) is 26.6 Å². The second-order valence-corrected chi connectivity index (χ2v) is 10.2. The first-order valence-corrected chi connectivity index (χ1v) is 12.1. The summed E-state index contributed by atoms with van der Waals surface area (Å²) in [5.41, 5.74) is 2.42. The van der Waals surface area contributed by atoms with E-state index in [1.165, 1.54) is 0 Å². The van der Waals surface area contributed by atoms with E-state index in [4.69, 9.17) is 28.6 Å². The number of thiocarbonyl (C=S) groups is 1. The van der Waals surface area contributed by atoms with Gasteiger partial charge in [0.15, 0.2) is 10.8 Å². The molecule has 0 aliphatic carbocycles. The Bertz CT molecular complexity index is 1270. The number of nitrogens with one attached hydrogen (secondary N) is 2. The van der Waals surface area contributed by atoms with Crippen LogP contribution < -0.4 is 20.3 Å². The molecule has 0 aromatic heterocycles. The monoisotopic (exact) mass is 541 g/mol. The van der Waals surface area contributed by atoms with Crippen molar-refractivity contribution in [1.29, 1.82) is 0 Å². The summed E-state index contributed by atoms with van der Waals surface area (Å²) in [4.78, 5) is 15.7. The minimum absolute atomic E-state index is 0.174. The number of rotatable bonds is 3. The molecule has 2 heterocycles. The molecule has 1 fully saturated rings. The standard InChI is InChI=1S/C25H21BrClN3O2S/c1-14-6-11-20-19(12-14)22-21(23(31)28-17-9-7-16(27)8-10-17)25(2,32-20)30(24(33)29-22)18-5-3-4-15(26)13-18/h3-13,21-22H,1-2H3,(H,28,31)(H,29,33)/t21-,22+,25-/m0/s1. The molecule has 3 atom stereocenters. The number of carbonyl (C=O) groups excluding carboxylic acids is 1. The van der Waals surface area contributed by atoms with Crippen molar-refractivity contribution < 1.29 is 9.53 Å². The van der Waals surface area contributed by atoms with Gasteiger partial charge in [0.05, 0.1) is 6.04 Å². The Balaban J connectivity index is 1.63. The molecule has 3 aromatic rings. The maximum atomic E-state index is 13.8. The number of nitrogens with zero attached hydrogens (tertiary/aromatic N) is 1. The number of anilines is 2. The summed E-state index contributed by atoms with van der Waals surface area (Å²) >= 11 is 15.4. The number of ether oxygens (including phenoxy) is 1. The molecule has 3 aromatic carbocycles. The largest absolute Gasteiger partial charge is 0.467 e. The summed E-state index contributed by atoms with van der Waals surface area (Å²) in [5.74, 6) is -0.0428. The van der Waals surface area contributed by atoms with Crippen LogP contribution in [0, 0.1) is 12.8 Å². The van der Waals surface area contributed by atoms with Gasteiger partial charge in [-0.25, -0.2) is 0 Å². The van der Waals surface area contributed by atoms with E-state index in [-0.39, 0.29) is 11.9 Å². The third-order valence-electron chi connectivity index (χ3n) is 6.11. The van der Waals surface area contributed by atoms with Crippen molar-refractivity contribution in [2.75, 3.05) is 10.2 Å². The van der Waals surface area contributed by atoms with Gasteiger partial charge in [-0.2, -0.15) is 0 Å². The number of amides is 1. The van der Waals surface area contributed by atoms with Gasteiger partial charge in [0.2, 0.25) is 5.91 Å². The Labute approximate surface area is 211 Å². The molecular formula is C25H21BrClN3O2S. The maximum absolute atomic E-state index is 13.8. The zero-order chi connectivity index (χ0) is 23.3. The van der Waals surface area contributed by atoms with Gasteiger partial charge in [-0.15, -0.1) is 0 Å². The van der Waals surface area contributed by atoms with E-state index in [1.54, 1.807) is 24.3 Å². The van der Waals surface area contributed by atoms with Crippen molar-refractivity contribution in [3.05, 3.63) is 87.4 Å². The minimum Gasteiger partial charge on any atom is -0.467 e. The Hall–Kier alpha value is -2.61. The quantitative estimate of drug-likeness (QED) is 0.386. The molecule has 2 N–H and O–H groups in total. The zero-order valence-corrected chi connectivity index (χ0v) is 21.1. The van der Waals surface area contributed by atoms with Gasteiger partial charge in [0.25, 0.3) is 0 Å². The average Bonchev–Trinajstić information content (AvgIpc) is 2.75. The van der Waals surface area contributed by atoms with Gasteiger partial charge in [-0.05, 0) is 74.6 Å². The number of halogens is 2. The molecule has 1 saturated heterocycles. The van der Waals surface area contributed by atoms with Gasteiger partial charge >= 0.3 is 0 Å². The Morgan fingerprint density at radius 2 is 1.94 bits per heavy atom. The third-order valence-corrected chi connectivity index (χ3v) is 7.16. The summed E-state index contributed by atoms with van der Waals surface area (Å²) in [5, 5.41) is 7.58. The van der Waals surface area contributed by atoms with E-state index in [0.29, 0.717) is 15.8 Å². The number of hydrogen-bond donors (Lipinski definition) is 2. The molecule has 5 nitrogen and oxygen atoms in total. The Kier molecular flexibility index (Phi) is 5.59. The predicted octanol–water partition coefficient (Wildman–Crippen LogP) is 6.21. The van der Waals surface area contributed by atoms with E-state index < -0.39 is 11.6 Å². The highest BCUT2D eigenvalue weighted by atomic mass is 79.9. The number of aryl methyl sites for hydroxylation is 1. The van der Waals surface area contributed by atoms with Crippen molar-refractivity contribution in [2.45, 2.75) is 25.6 Å². The normalized spacial score (nSPS) is 23.3. The third kappa shape index (κ3) is 3.88. The first kappa shape index (κ1) is 22.2. The zero-order valence-electron chi connectivity index (χ0n) is 17.9. The van der Waals surface area contributed by atoms with Crippen LogP contribution in [0.4, 0.5) is 11.4 Å². The van der Waals surface area contributed by atoms with Crippen LogP contribution in [0.5, 0.6) is 5.75 Å². The van der Waals surface area contributed by atoms with Crippen molar-refractivity contribution in [2.24, 2.45) is 5.92 Å². The van der Waals surface area contributed by atoms with Crippen LogP contribution in [0.3, 0.4) is 0 Å². The fraction of sp³-hybridized carbons (Fsp3) is 0.200. The number of benzene rings is 3. The molecular weight excluding hydrogens is 522 g/mol. The molecule has 0 unspecified atom stereocenters. The van der Waals surface area contributed by atoms with Crippen molar-refractivity contribution >= 4 is 62.1 Å². The molecule has 0 spiro atoms. The molecule has 2 bridgehead atoms. The molecule has 8 heteroatoms. The van der Waals surface area contributed by atoms with Crippen LogP contribution in [-0.2, 0) is 4.79 Å². The number of carbonyl (C=O) groups is 1. The number of hydrogen-bond acceptors (Lipinski definition) is 3. The Morgan fingerprint density at radius 3 is 2.67 bits per heavy atom. The molecule has 0 saturated carbocycles. The van der Waals surface area contributed by atoms with E-state index in [1.807, 2.05) is 61.2 Å². The molecule has 168 valence electrons. The smallest absolute Gasteiger partial charge is 0.236 e. The second-order valence-electron chi connectivity index (χ2n) is 8.41. The fourth-order valence-corrected chi connectivity index (χ4v) is 5.59. The summed E-state index contributed by atoms with van der Waals surface area (Å²) in [6, 6.07) is 20.5. The van der Waals surface area contributed by atoms with Crippen LogP contribution in [-0.4, -0.2) is 16.7 Å². The molecule has 0 radical (unpaired) electrons. The highest BCUT2D eigenvalue weighted by molar-refractivity contribution is 9.10. The van der Waals surface area contributed by atoms with Gasteiger partial charge in [0, 0.05) is 26.4 Å². The molecule has 2 aliphatic rings. The minimum atomic E-state index is -1.06. The second kappa shape index (κ2) is 8.31. The van der Waals surface area contributed by atoms with Gasteiger partial charge in [-0.3, -0.25) is 9.69 Å². The summed E-state index contributed by atoms with van der Waals surface area (Å²) in [6.07, 6.45) is 0. The van der Waals surface area contributed by atoms with Crippen molar-refractivity contribution in [3.8, 4) is 5.75 Å². The topological polar surface area (TPSA) is 53.6 Å². The first-order chi connectivity index (χ1) is 15.8. The SMILES string of the molecule is Cc1ccc2c(c1)[C@H]1NC(=S)N(c3cccc(Br)c3)[C@@](C)(O2)[C@@H]1C(=O)Nc1ccc(Cl)cc1. The van der Waals surface area contributed by atoms with Gasteiger partial charge in [0.1, 0.15) is 11.7 Å². The highest BCUT2D eigenvalue weighted by Gasteiger charge is 2.59. The number of fused-ring (bicyclic) bond motifs is 4. The van der Waals surface area contributed by atoms with Gasteiger partial charge in [-0.1, -0.05) is 51.3 Å². The van der Waals surface area contributed by atoms with Crippen LogP contribution in [0.1, 0.15) is 24.1 Å². The highest BCUT2D eigenvalue weighted by Crippen LogP contribution is 2.50. The summed E-state index contributed by atoms with van der Waals surface area (Å²) in [6.45, 7) is 3.94.